The van der Waals surface area contributed by atoms with Crippen molar-refractivity contribution in [1.82, 2.24) is 4.31 Å². The molecule has 2 heterocycles. The van der Waals surface area contributed by atoms with Crippen molar-refractivity contribution in [2.45, 2.75) is 21.6 Å². The zero-order valence-corrected chi connectivity index (χ0v) is 19.2. The van der Waals surface area contributed by atoms with E-state index in [0.717, 1.165) is 21.2 Å². The Hall–Kier alpha value is -2.65. The molecule has 8 heteroatoms. The molecule has 1 fully saturated rings. The van der Waals surface area contributed by atoms with E-state index in [2.05, 4.69) is 0 Å². The van der Waals surface area contributed by atoms with E-state index in [1.54, 1.807) is 35.7 Å². The van der Waals surface area contributed by atoms with Crippen LogP contribution in [0.2, 0.25) is 0 Å². The highest BCUT2D eigenvalue weighted by Gasteiger charge is 2.32. The molecule has 0 aromatic heterocycles. The van der Waals surface area contributed by atoms with Crippen LogP contribution in [0.15, 0.2) is 81.4 Å². The monoisotopic (exact) mass is 466 g/mol. The minimum Gasteiger partial charge on any atom is -0.379 e. The van der Waals surface area contributed by atoms with E-state index in [1.165, 1.54) is 10.4 Å². The van der Waals surface area contributed by atoms with Crippen LogP contribution in [0.3, 0.4) is 0 Å². The summed E-state index contributed by atoms with van der Waals surface area (Å²) in [5, 5.41) is 0. The molecule has 0 saturated carbocycles. The maximum Gasteiger partial charge on any atom is 0.262 e. The van der Waals surface area contributed by atoms with E-state index < -0.39 is 10.0 Å². The molecule has 1 saturated heterocycles. The molecule has 0 N–H and O–H groups in total. The third-order valence-electron chi connectivity index (χ3n) is 5.66. The Morgan fingerprint density at radius 2 is 1.50 bits per heavy atom. The number of rotatable bonds is 3. The SMILES string of the molecule is Cc1ccc(C(=O)N2c3ccccc3Sc3ccccc32)cc1S(=O)(=O)N1CCOCC1. The first-order chi connectivity index (χ1) is 15.5. The van der Waals surface area contributed by atoms with Crippen LogP contribution in [0.25, 0.3) is 0 Å². The molecule has 0 spiro atoms. The number of carbonyl (C=O) groups is 1. The van der Waals surface area contributed by atoms with Crippen LogP contribution in [-0.4, -0.2) is 44.9 Å². The maximum absolute atomic E-state index is 13.8. The molecule has 6 nitrogen and oxygen atoms in total. The minimum atomic E-state index is -3.72. The first kappa shape index (κ1) is 21.2. The van der Waals surface area contributed by atoms with E-state index >= 15 is 0 Å². The van der Waals surface area contributed by atoms with Gasteiger partial charge < -0.3 is 4.74 Å². The summed E-state index contributed by atoms with van der Waals surface area (Å²) in [7, 11) is -3.72. The van der Waals surface area contributed by atoms with Gasteiger partial charge in [0.05, 0.1) is 29.5 Å². The van der Waals surface area contributed by atoms with E-state index in [9.17, 15) is 13.2 Å². The number of benzene rings is 3. The van der Waals surface area contributed by atoms with Crippen LogP contribution in [0.4, 0.5) is 11.4 Å². The molecular formula is C24H22N2O4S2. The number of sulfonamides is 1. The predicted molar refractivity (Wildman–Crippen MR) is 124 cm³/mol. The highest BCUT2D eigenvalue weighted by atomic mass is 32.2. The number of anilines is 2. The van der Waals surface area contributed by atoms with Crippen molar-refractivity contribution in [3.63, 3.8) is 0 Å². The predicted octanol–water partition coefficient (Wildman–Crippen LogP) is 4.46. The standard InChI is InChI=1S/C24H22N2O4S2/c1-17-10-11-18(16-23(17)32(28,29)25-12-14-30-15-13-25)24(27)26-19-6-2-4-8-21(19)31-22-9-5-3-7-20(22)26/h2-11,16H,12-15H2,1H3. The summed E-state index contributed by atoms with van der Waals surface area (Å²) in [6.07, 6.45) is 0. The van der Waals surface area contributed by atoms with Crippen molar-refractivity contribution in [3.8, 4) is 0 Å². The number of hydrogen-bond donors (Lipinski definition) is 0. The van der Waals surface area contributed by atoms with Gasteiger partial charge in [-0.2, -0.15) is 4.31 Å². The largest absolute Gasteiger partial charge is 0.379 e. The van der Waals surface area contributed by atoms with Gasteiger partial charge in [0.2, 0.25) is 10.0 Å². The number of amides is 1. The lowest BCUT2D eigenvalue weighted by Gasteiger charge is -2.31. The molecule has 0 unspecified atom stereocenters. The van der Waals surface area contributed by atoms with Gasteiger partial charge >= 0.3 is 0 Å². The second-order valence-corrected chi connectivity index (χ2v) is 10.7. The summed E-state index contributed by atoms with van der Waals surface area (Å²) in [4.78, 5) is 17.6. The first-order valence-corrected chi connectivity index (χ1v) is 12.6. The maximum atomic E-state index is 13.8. The fraction of sp³-hybridized carbons (Fsp3) is 0.208. The molecule has 164 valence electrons. The number of carbonyl (C=O) groups excluding carboxylic acids is 1. The summed E-state index contributed by atoms with van der Waals surface area (Å²) in [5.74, 6) is -0.261. The average molecular weight is 467 g/mol. The zero-order chi connectivity index (χ0) is 22.3. The Balaban J connectivity index is 1.59. The lowest BCUT2D eigenvalue weighted by Crippen LogP contribution is -2.41. The van der Waals surface area contributed by atoms with E-state index in [0.29, 0.717) is 37.4 Å². The molecule has 1 amide bonds. The molecule has 0 bridgehead atoms. The normalized spacial score (nSPS) is 16.3. The lowest BCUT2D eigenvalue weighted by molar-refractivity contribution is 0.0730. The molecule has 0 aliphatic carbocycles. The van der Waals surface area contributed by atoms with Crippen LogP contribution < -0.4 is 4.90 Å². The van der Waals surface area contributed by atoms with Crippen molar-refractivity contribution >= 4 is 39.1 Å². The Morgan fingerprint density at radius 3 is 2.12 bits per heavy atom. The topological polar surface area (TPSA) is 66.9 Å². The minimum absolute atomic E-state index is 0.165. The Morgan fingerprint density at radius 1 is 0.906 bits per heavy atom. The number of nitrogens with zero attached hydrogens (tertiary/aromatic N) is 2. The van der Waals surface area contributed by atoms with Gasteiger partial charge in [0.15, 0.2) is 0 Å². The summed E-state index contributed by atoms with van der Waals surface area (Å²) >= 11 is 1.62. The van der Waals surface area contributed by atoms with E-state index in [4.69, 9.17) is 4.74 Å². The smallest absolute Gasteiger partial charge is 0.262 e. The Kier molecular flexibility index (Phi) is 5.54. The number of para-hydroxylation sites is 2. The number of ether oxygens (including phenoxy) is 1. The molecule has 0 atom stereocenters. The second kappa shape index (κ2) is 8.37. The Bertz CT molecular complexity index is 1260. The third-order valence-corrected chi connectivity index (χ3v) is 8.83. The average Bonchev–Trinajstić information content (AvgIpc) is 2.83. The quantitative estimate of drug-likeness (QED) is 0.570. The molecule has 2 aliphatic rings. The lowest BCUT2D eigenvalue weighted by atomic mass is 10.1. The summed E-state index contributed by atoms with van der Waals surface area (Å²) in [6, 6.07) is 20.4. The first-order valence-electron chi connectivity index (χ1n) is 10.4. The number of morpholine rings is 1. The second-order valence-electron chi connectivity index (χ2n) is 7.67. The van der Waals surface area contributed by atoms with Crippen LogP contribution in [-0.2, 0) is 14.8 Å². The van der Waals surface area contributed by atoms with Crippen molar-refractivity contribution in [1.29, 1.82) is 0 Å². The van der Waals surface area contributed by atoms with Crippen molar-refractivity contribution < 1.29 is 17.9 Å². The third kappa shape index (κ3) is 3.63. The zero-order valence-electron chi connectivity index (χ0n) is 17.5. The summed E-state index contributed by atoms with van der Waals surface area (Å²) < 4.78 is 33.3. The molecule has 0 radical (unpaired) electrons. The molecule has 3 aromatic rings. The fourth-order valence-corrected chi connectivity index (χ4v) is 6.71. The molecular weight excluding hydrogens is 444 g/mol. The van der Waals surface area contributed by atoms with Gasteiger partial charge in [0, 0.05) is 28.4 Å². The number of hydrogen-bond acceptors (Lipinski definition) is 5. The van der Waals surface area contributed by atoms with Crippen LogP contribution in [0, 0.1) is 6.92 Å². The highest BCUT2D eigenvalue weighted by Crippen LogP contribution is 2.48. The van der Waals surface area contributed by atoms with Crippen molar-refractivity contribution in [2.75, 3.05) is 31.2 Å². The molecule has 2 aliphatic heterocycles. The highest BCUT2D eigenvalue weighted by molar-refractivity contribution is 7.99. The van der Waals surface area contributed by atoms with Crippen LogP contribution in [0.5, 0.6) is 0 Å². The van der Waals surface area contributed by atoms with Crippen molar-refractivity contribution in [2.24, 2.45) is 0 Å². The number of fused-ring (bicyclic) bond motifs is 2. The van der Waals surface area contributed by atoms with Crippen LogP contribution >= 0.6 is 11.8 Å². The van der Waals surface area contributed by atoms with Gasteiger partial charge in [-0.05, 0) is 48.9 Å². The fourth-order valence-electron chi connectivity index (χ4n) is 3.99. The van der Waals surface area contributed by atoms with Gasteiger partial charge in [-0.15, -0.1) is 0 Å². The van der Waals surface area contributed by atoms with Gasteiger partial charge in [-0.3, -0.25) is 9.69 Å². The van der Waals surface area contributed by atoms with E-state index in [-0.39, 0.29) is 10.8 Å². The molecule has 3 aromatic carbocycles. The van der Waals surface area contributed by atoms with Crippen molar-refractivity contribution in [3.05, 3.63) is 77.9 Å². The Labute approximate surface area is 191 Å². The molecule has 5 rings (SSSR count). The summed E-state index contributed by atoms with van der Waals surface area (Å²) in [6.45, 7) is 3.11. The summed E-state index contributed by atoms with van der Waals surface area (Å²) in [5.41, 5.74) is 2.53. The number of aryl methyl sites for hydroxylation is 1. The van der Waals surface area contributed by atoms with Gasteiger partial charge in [-0.1, -0.05) is 42.1 Å². The van der Waals surface area contributed by atoms with E-state index in [1.807, 2.05) is 48.5 Å². The van der Waals surface area contributed by atoms with Crippen LogP contribution in [0.1, 0.15) is 15.9 Å². The van der Waals surface area contributed by atoms with Gasteiger partial charge in [0.1, 0.15) is 0 Å². The van der Waals surface area contributed by atoms with Gasteiger partial charge in [-0.25, -0.2) is 8.42 Å². The molecule has 32 heavy (non-hydrogen) atoms. The van der Waals surface area contributed by atoms with Gasteiger partial charge in [0.25, 0.3) is 5.91 Å².